The smallest absolute Gasteiger partial charge is 0.302 e. The molecule has 4 nitrogen and oxygen atoms in total. The topological polar surface area (TPSA) is 71.4 Å². The molecule has 9 heteroatoms. The summed E-state index contributed by atoms with van der Waals surface area (Å²) in [5.74, 6) is 0. The van der Waals surface area contributed by atoms with Crippen LogP contribution in [0.2, 0.25) is 0 Å². The average Bonchev–Trinajstić information content (AvgIpc) is 2.46. The Balaban J connectivity index is 2.82. The van der Waals surface area contributed by atoms with Gasteiger partial charge in [-0.1, -0.05) is 24.3 Å². The molecule has 1 N–H and O–H groups in total. The third kappa shape index (κ3) is 3.06. The SMILES string of the molecule is O=S(O)c1cccc(S(=O)(=O)c2ccccc2)c1C(F)(F)F. The lowest BCUT2D eigenvalue weighted by atomic mass is 10.2. The minimum atomic E-state index is -5.09. The van der Waals surface area contributed by atoms with Gasteiger partial charge in [0.15, 0.2) is 11.1 Å². The van der Waals surface area contributed by atoms with Crippen molar-refractivity contribution in [2.75, 3.05) is 0 Å². The van der Waals surface area contributed by atoms with Crippen molar-refractivity contribution in [3.8, 4) is 0 Å². The number of hydrogen-bond donors (Lipinski definition) is 1. The maximum Gasteiger partial charge on any atom is 0.418 e. The highest BCUT2D eigenvalue weighted by molar-refractivity contribution is 7.91. The van der Waals surface area contributed by atoms with Gasteiger partial charge in [0.1, 0.15) is 0 Å². The van der Waals surface area contributed by atoms with E-state index in [0.29, 0.717) is 0 Å². The van der Waals surface area contributed by atoms with Crippen LogP contribution in [0.15, 0.2) is 63.2 Å². The Morgan fingerprint density at radius 3 is 2.05 bits per heavy atom. The second kappa shape index (κ2) is 5.82. The molecule has 2 aromatic carbocycles. The maximum atomic E-state index is 13.2. The molecule has 22 heavy (non-hydrogen) atoms. The molecule has 118 valence electrons. The molecule has 0 radical (unpaired) electrons. The molecular formula is C13H9F3O4S2. The van der Waals surface area contributed by atoms with E-state index in [1.165, 1.54) is 18.2 Å². The van der Waals surface area contributed by atoms with Gasteiger partial charge < -0.3 is 4.55 Å². The van der Waals surface area contributed by atoms with Crippen molar-refractivity contribution >= 4 is 20.9 Å². The second-order valence-electron chi connectivity index (χ2n) is 4.19. The van der Waals surface area contributed by atoms with Gasteiger partial charge in [-0.25, -0.2) is 12.6 Å². The summed E-state index contributed by atoms with van der Waals surface area (Å²) in [5, 5.41) is 0. The molecule has 0 fully saturated rings. The number of hydrogen-bond acceptors (Lipinski definition) is 3. The Bertz CT molecular complexity index is 815. The average molecular weight is 350 g/mol. The fourth-order valence-electron chi connectivity index (χ4n) is 1.89. The number of halogens is 3. The van der Waals surface area contributed by atoms with Crippen LogP contribution in [-0.4, -0.2) is 17.2 Å². The molecule has 2 aromatic rings. The molecule has 0 aromatic heterocycles. The third-order valence-corrected chi connectivity index (χ3v) is 5.33. The fraction of sp³-hybridized carbons (Fsp3) is 0.0769. The molecule has 2 rings (SSSR count). The van der Waals surface area contributed by atoms with Gasteiger partial charge in [0, 0.05) is 0 Å². The van der Waals surface area contributed by atoms with E-state index >= 15 is 0 Å². The summed E-state index contributed by atoms with van der Waals surface area (Å²) in [4.78, 5) is -2.38. The molecule has 0 aliphatic carbocycles. The molecule has 0 amide bonds. The van der Waals surface area contributed by atoms with Crippen molar-refractivity contribution in [3.63, 3.8) is 0 Å². The highest BCUT2D eigenvalue weighted by Crippen LogP contribution is 2.39. The molecule has 1 atom stereocenters. The summed E-state index contributed by atoms with van der Waals surface area (Å²) in [6, 6.07) is 9.08. The van der Waals surface area contributed by atoms with Gasteiger partial charge >= 0.3 is 6.18 Å². The van der Waals surface area contributed by atoms with Gasteiger partial charge in [-0.15, -0.1) is 0 Å². The number of sulfone groups is 1. The molecule has 0 spiro atoms. The van der Waals surface area contributed by atoms with Crippen molar-refractivity contribution in [1.82, 2.24) is 0 Å². The first kappa shape index (κ1) is 16.7. The van der Waals surface area contributed by atoms with E-state index in [1.807, 2.05) is 0 Å². The third-order valence-electron chi connectivity index (χ3n) is 2.80. The Labute approximate surface area is 126 Å². The quantitative estimate of drug-likeness (QED) is 0.864. The molecular weight excluding hydrogens is 341 g/mol. The molecule has 0 saturated carbocycles. The van der Waals surface area contributed by atoms with Crippen molar-refractivity contribution in [1.29, 1.82) is 0 Å². The van der Waals surface area contributed by atoms with E-state index in [0.717, 1.165) is 30.3 Å². The summed E-state index contributed by atoms with van der Waals surface area (Å²) in [6.45, 7) is 0. The first-order valence-corrected chi connectivity index (χ1v) is 8.36. The Morgan fingerprint density at radius 1 is 0.955 bits per heavy atom. The van der Waals surface area contributed by atoms with Crippen LogP contribution in [0.3, 0.4) is 0 Å². The van der Waals surface area contributed by atoms with E-state index in [9.17, 15) is 25.8 Å². The Kier molecular flexibility index (Phi) is 4.41. The van der Waals surface area contributed by atoms with Crippen LogP contribution in [0.5, 0.6) is 0 Å². The largest absolute Gasteiger partial charge is 0.418 e. The predicted molar refractivity (Wildman–Crippen MR) is 72.4 cm³/mol. The molecule has 0 aliphatic rings. The zero-order valence-electron chi connectivity index (χ0n) is 10.7. The van der Waals surface area contributed by atoms with Crippen LogP contribution >= 0.6 is 0 Å². The van der Waals surface area contributed by atoms with Crippen LogP contribution in [0.1, 0.15) is 5.56 Å². The van der Waals surface area contributed by atoms with Crippen LogP contribution in [0.25, 0.3) is 0 Å². The predicted octanol–water partition coefficient (Wildman–Crippen LogP) is 3.12. The monoisotopic (exact) mass is 350 g/mol. The summed E-state index contributed by atoms with van der Waals surface area (Å²) < 4.78 is 84.5. The minimum Gasteiger partial charge on any atom is -0.302 e. The van der Waals surface area contributed by atoms with Gasteiger partial charge in [-0.05, 0) is 24.3 Å². The zero-order valence-corrected chi connectivity index (χ0v) is 12.4. The van der Waals surface area contributed by atoms with E-state index in [1.54, 1.807) is 0 Å². The Hall–Kier alpha value is -1.71. The van der Waals surface area contributed by atoms with Gasteiger partial charge in [0.05, 0.1) is 20.2 Å². The van der Waals surface area contributed by atoms with Gasteiger partial charge in [0.2, 0.25) is 9.84 Å². The summed E-state index contributed by atoms with van der Waals surface area (Å²) in [7, 11) is -4.47. The van der Waals surface area contributed by atoms with E-state index in [4.69, 9.17) is 4.55 Å². The van der Waals surface area contributed by atoms with Gasteiger partial charge in [0.25, 0.3) is 0 Å². The Morgan fingerprint density at radius 2 is 1.55 bits per heavy atom. The van der Waals surface area contributed by atoms with Gasteiger partial charge in [-0.3, -0.25) is 0 Å². The standard InChI is InChI=1S/C13H9F3O4S2/c14-13(15,16)12-10(21(17)18)7-4-8-11(12)22(19,20)9-5-2-1-3-6-9/h1-8H,(H,17,18). The maximum absolute atomic E-state index is 13.2. The lowest BCUT2D eigenvalue weighted by Crippen LogP contribution is -2.17. The lowest BCUT2D eigenvalue weighted by molar-refractivity contribution is -0.142. The first-order chi connectivity index (χ1) is 10.2. The molecule has 1 unspecified atom stereocenters. The highest BCUT2D eigenvalue weighted by Gasteiger charge is 2.41. The van der Waals surface area contributed by atoms with Crippen molar-refractivity contribution in [2.45, 2.75) is 20.9 Å². The minimum absolute atomic E-state index is 0.332. The number of benzene rings is 2. The van der Waals surface area contributed by atoms with E-state index in [-0.39, 0.29) is 4.90 Å². The second-order valence-corrected chi connectivity index (χ2v) is 7.05. The van der Waals surface area contributed by atoms with Crippen LogP contribution in [-0.2, 0) is 27.1 Å². The van der Waals surface area contributed by atoms with Crippen LogP contribution < -0.4 is 0 Å². The van der Waals surface area contributed by atoms with Crippen molar-refractivity contribution in [2.24, 2.45) is 0 Å². The van der Waals surface area contributed by atoms with E-state index in [2.05, 4.69) is 0 Å². The normalized spacial score (nSPS) is 13.8. The van der Waals surface area contributed by atoms with Crippen LogP contribution in [0.4, 0.5) is 13.2 Å². The first-order valence-electron chi connectivity index (χ1n) is 5.77. The lowest BCUT2D eigenvalue weighted by Gasteiger charge is -2.15. The van der Waals surface area contributed by atoms with Crippen molar-refractivity contribution in [3.05, 3.63) is 54.1 Å². The zero-order chi connectivity index (χ0) is 16.5. The molecule has 0 saturated heterocycles. The van der Waals surface area contributed by atoms with Crippen LogP contribution in [0, 0.1) is 0 Å². The molecule has 0 bridgehead atoms. The van der Waals surface area contributed by atoms with Gasteiger partial charge in [-0.2, -0.15) is 13.2 Å². The molecule has 0 aliphatic heterocycles. The summed E-state index contributed by atoms with van der Waals surface area (Å²) in [6.07, 6.45) is -5.09. The fourth-order valence-corrected chi connectivity index (χ4v) is 4.07. The summed E-state index contributed by atoms with van der Waals surface area (Å²) in [5.41, 5.74) is -1.63. The number of alkyl halides is 3. The van der Waals surface area contributed by atoms with E-state index < -0.39 is 42.4 Å². The summed E-state index contributed by atoms with van der Waals surface area (Å²) >= 11 is -2.97. The van der Waals surface area contributed by atoms with Crippen molar-refractivity contribution < 1.29 is 30.4 Å². The molecule has 0 heterocycles. The number of rotatable bonds is 3. The highest BCUT2D eigenvalue weighted by atomic mass is 32.2.